The number of hydrogen-bond acceptors (Lipinski definition) is 8. The molecule has 1 fully saturated rings. The number of rotatable bonds is 8. The molecule has 5 rings (SSSR count). The molecule has 10 nitrogen and oxygen atoms in total. The van der Waals surface area contributed by atoms with Gasteiger partial charge in [-0.3, -0.25) is 14.5 Å². The third-order valence-electron chi connectivity index (χ3n) is 7.18. The number of benzene rings is 2. The van der Waals surface area contributed by atoms with Crippen LogP contribution in [0.4, 0.5) is 0 Å². The third-order valence-corrected chi connectivity index (χ3v) is 7.18. The van der Waals surface area contributed by atoms with E-state index in [0.29, 0.717) is 25.5 Å². The molecule has 206 valence electrons. The van der Waals surface area contributed by atoms with Crippen LogP contribution in [-0.4, -0.2) is 83.1 Å². The Morgan fingerprint density at radius 2 is 1.74 bits per heavy atom. The van der Waals surface area contributed by atoms with E-state index >= 15 is 0 Å². The number of furan rings is 1. The van der Waals surface area contributed by atoms with Gasteiger partial charge in [0, 0.05) is 58.9 Å². The number of carbonyl (C=O) groups excluding carboxylic acids is 2. The van der Waals surface area contributed by atoms with Crippen LogP contribution in [0.3, 0.4) is 0 Å². The highest BCUT2D eigenvalue weighted by atomic mass is 16.5. The summed E-state index contributed by atoms with van der Waals surface area (Å²) < 4.78 is 11.5. The van der Waals surface area contributed by atoms with Crippen LogP contribution in [-0.2, 0) is 19.6 Å². The monoisotopic (exact) mass is 534 g/mol. The first-order chi connectivity index (χ1) is 18.8. The zero-order chi connectivity index (χ0) is 27.5. The zero-order valence-electron chi connectivity index (χ0n) is 22.3. The maximum Gasteiger partial charge on any atom is 0.258 e. The van der Waals surface area contributed by atoms with Crippen LogP contribution in [0.25, 0.3) is 0 Å². The lowest BCUT2D eigenvalue weighted by Gasteiger charge is -2.26. The maximum atomic E-state index is 13.4. The minimum Gasteiger partial charge on any atom is -0.507 e. The molecular weight excluding hydrogens is 500 g/mol. The Hall–Kier alpha value is -4.02. The Morgan fingerprint density at radius 3 is 2.49 bits per heavy atom. The van der Waals surface area contributed by atoms with Gasteiger partial charge < -0.3 is 34.5 Å². The van der Waals surface area contributed by atoms with E-state index in [0.717, 1.165) is 61.4 Å². The molecule has 1 aromatic heterocycles. The lowest BCUT2D eigenvalue weighted by atomic mass is 10.1. The van der Waals surface area contributed by atoms with E-state index in [-0.39, 0.29) is 23.4 Å². The molecule has 0 spiro atoms. The predicted octanol–water partition coefficient (Wildman–Crippen LogP) is 2.71. The molecule has 10 heteroatoms. The first-order valence-corrected chi connectivity index (χ1v) is 13.1. The number of piperazine rings is 1. The summed E-state index contributed by atoms with van der Waals surface area (Å²) in [6.07, 6.45) is 0. The number of ether oxygens (including phenoxy) is 1. The largest absolute Gasteiger partial charge is 0.507 e. The molecule has 1 saturated heterocycles. The minimum atomic E-state index is -0.497. The van der Waals surface area contributed by atoms with Gasteiger partial charge in [0.25, 0.3) is 11.8 Å². The zero-order valence-corrected chi connectivity index (χ0v) is 22.3. The quantitative estimate of drug-likeness (QED) is 0.404. The van der Waals surface area contributed by atoms with Crippen molar-refractivity contribution in [1.29, 1.82) is 0 Å². The third kappa shape index (κ3) is 6.02. The van der Waals surface area contributed by atoms with E-state index in [4.69, 9.17) is 9.15 Å². The standard InChI is InChI=1S/C29H34N4O6/c1-19-3-5-23(39-19)18-31(2)28(36)24-14-25(27(35)15-26(24)34)29(37)33-16-20-4-6-22(13-21(20)17-33)38-12-11-32-9-7-30-8-10-32/h3-6,13-15,30,34-35H,7-12,16-18H2,1-2H3. The Balaban J connectivity index is 1.24. The van der Waals surface area contributed by atoms with Crippen molar-refractivity contribution in [3.63, 3.8) is 0 Å². The van der Waals surface area contributed by atoms with Crippen molar-refractivity contribution in [3.8, 4) is 17.2 Å². The Morgan fingerprint density at radius 1 is 1.00 bits per heavy atom. The molecule has 2 amide bonds. The highest BCUT2D eigenvalue weighted by Crippen LogP contribution is 2.33. The molecule has 0 aliphatic carbocycles. The summed E-state index contributed by atoms with van der Waals surface area (Å²) in [5.41, 5.74) is 1.87. The van der Waals surface area contributed by atoms with Crippen molar-refractivity contribution in [2.24, 2.45) is 0 Å². The second-order valence-corrected chi connectivity index (χ2v) is 10.1. The molecule has 3 aromatic rings. The molecule has 3 heterocycles. The first-order valence-electron chi connectivity index (χ1n) is 13.1. The predicted molar refractivity (Wildman–Crippen MR) is 144 cm³/mol. The molecule has 39 heavy (non-hydrogen) atoms. The second-order valence-electron chi connectivity index (χ2n) is 10.1. The van der Waals surface area contributed by atoms with Gasteiger partial charge in [0.05, 0.1) is 17.7 Å². The molecule has 0 bridgehead atoms. The molecule has 2 aromatic carbocycles. The van der Waals surface area contributed by atoms with E-state index in [2.05, 4.69) is 10.2 Å². The van der Waals surface area contributed by atoms with Gasteiger partial charge in [-0.2, -0.15) is 0 Å². The molecule has 0 saturated carbocycles. The van der Waals surface area contributed by atoms with Gasteiger partial charge in [-0.25, -0.2) is 0 Å². The second kappa shape index (κ2) is 11.4. The summed E-state index contributed by atoms with van der Waals surface area (Å²) >= 11 is 0. The minimum absolute atomic E-state index is 0.0429. The highest BCUT2D eigenvalue weighted by Gasteiger charge is 2.29. The SMILES string of the molecule is Cc1ccc(CN(C)C(=O)c2cc(C(=O)N3Cc4ccc(OCCN5CCNCC5)cc4C3)c(O)cc2O)o1. The average Bonchev–Trinajstić information content (AvgIpc) is 3.54. The maximum absolute atomic E-state index is 13.4. The first kappa shape index (κ1) is 26.6. The molecule has 0 unspecified atom stereocenters. The van der Waals surface area contributed by atoms with Gasteiger partial charge in [0.2, 0.25) is 0 Å². The van der Waals surface area contributed by atoms with E-state index < -0.39 is 17.6 Å². The number of phenolic OH excluding ortho intramolecular Hbond substituents is 2. The van der Waals surface area contributed by atoms with Crippen LogP contribution in [0, 0.1) is 6.92 Å². The van der Waals surface area contributed by atoms with Crippen molar-refractivity contribution < 1.29 is 29.0 Å². The van der Waals surface area contributed by atoms with Gasteiger partial charge in [-0.15, -0.1) is 0 Å². The van der Waals surface area contributed by atoms with Gasteiger partial charge in [-0.05, 0) is 48.4 Å². The topological polar surface area (TPSA) is 119 Å². The lowest BCUT2D eigenvalue weighted by molar-refractivity contribution is 0.0748. The summed E-state index contributed by atoms with van der Waals surface area (Å²) in [6.45, 7) is 8.21. The van der Waals surface area contributed by atoms with Crippen LogP contribution in [0.5, 0.6) is 17.2 Å². The molecule has 0 radical (unpaired) electrons. The van der Waals surface area contributed by atoms with Crippen molar-refractivity contribution in [1.82, 2.24) is 20.0 Å². The van der Waals surface area contributed by atoms with Crippen LogP contribution >= 0.6 is 0 Å². The van der Waals surface area contributed by atoms with E-state index in [1.165, 1.54) is 11.0 Å². The number of fused-ring (bicyclic) bond motifs is 1. The number of aryl methyl sites for hydroxylation is 1. The molecular formula is C29H34N4O6. The van der Waals surface area contributed by atoms with Crippen LogP contribution < -0.4 is 10.1 Å². The van der Waals surface area contributed by atoms with Crippen LogP contribution in [0.1, 0.15) is 43.4 Å². The lowest BCUT2D eigenvalue weighted by Crippen LogP contribution is -2.44. The van der Waals surface area contributed by atoms with Crippen molar-refractivity contribution >= 4 is 11.8 Å². The summed E-state index contributed by atoms with van der Waals surface area (Å²) in [5, 5.41) is 24.2. The fourth-order valence-electron chi connectivity index (χ4n) is 5.00. The van der Waals surface area contributed by atoms with Crippen molar-refractivity contribution in [3.05, 3.63) is 76.2 Å². The van der Waals surface area contributed by atoms with Crippen molar-refractivity contribution in [2.45, 2.75) is 26.6 Å². The summed E-state index contributed by atoms with van der Waals surface area (Å²) in [4.78, 5) is 31.9. The van der Waals surface area contributed by atoms with Gasteiger partial charge >= 0.3 is 0 Å². The van der Waals surface area contributed by atoms with Crippen LogP contribution in [0.2, 0.25) is 0 Å². The number of phenols is 2. The van der Waals surface area contributed by atoms with Gasteiger partial charge in [-0.1, -0.05) is 6.07 Å². The Labute approximate surface area is 227 Å². The number of amides is 2. The fraction of sp³-hybridized carbons (Fsp3) is 0.379. The molecule has 2 aliphatic rings. The van der Waals surface area contributed by atoms with Crippen molar-refractivity contribution in [2.75, 3.05) is 46.4 Å². The van der Waals surface area contributed by atoms with E-state index in [1.807, 2.05) is 25.1 Å². The average molecular weight is 535 g/mol. The Kier molecular flexibility index (Phi) is 7.76. The Bertz CT molecular complexity index is 1360. The summed E-state index contributed by atoms with van der Waals surface area (Å²) in [6, 6.07) is 11.7. The molecule has 3 N–H and O–H groups in total. The van der Waals surface area contributed by atoms with Crippen LogP contribution in [0.15, 0.2) is 46.9 Å². The van der Waals surface area contributed by atoms with Gasteiger partial charge in [0.1, 0.15) is 35.4 Å². The van der Waals surface area contributed by atoms with E-state index in [9.17, 15) is 19.8 Å². The fourth-order valence-corrected chi connectivity index (χ4v) is 5.00. The normalized spacial score (nSPS) is 15.3. The molecule has 2 aliphatic heterocycles. The number of carbonyl (C=O) groups is 2. The number of hydrogen-bond donors (Lipinski definition) is 3. The molecule has 0 atom stereocenters. The number of nitrogens with zero attached hydrogens (tertiary/aromatic N) is 3. The summed E-state index contributed by atoms with van der Waals surface area (Å²) in [5.74, 6) is 0.376. The smallest absolute Gasteiger partial charge is 0.258 e. The highest BCUT2D eigenvalue weighted by molar-refractivity contribution is 6.03. The number of aromatic hydroxyl groups is 2. The van der Waals surface area contributed by atoms with E-state index in [1.54, 1.807) is 24.1 Å². The summed E-state index contributed by atoms with van der Waals surface area (Å²) in [7, 11) is 1.58. The number of nitrogens with one attached hydrogen (secondary N) is 1. The van der Waals surface area contributed by atoms with Gasteiger partial charge in [0.15, 0.2) is 0 Å².